The van der Waals surface area contributed by atoms with Crippen LogP contribution in [0.4, 0.5) is 0 Å². The maximum absolute atomic E-state index is 11.3. The third-order valence-electron chi connectivity index (χ3n) is 2.92. The van der Waals surface area contributed by atoms with E-state index in [-0.39, 0.29) is 5.75 Å². The van der Waals surface area contributed by atoms with Gasteiger partial charge >= 0.3 is 0 Å². The Morgan fingerprint density at radius 1 is 1.10 bits per heavy atom. The van der Waals surface area contributed by atoms with Gasteiger partial charge in [0.15, 0.2) is 5.75 Å². The van der Waals surface area contributed by atoms with Crippen LogP contribution in [0.15, 0.2) is 53.3 Å². The Kier molecular flexibility index (Phi) is 5.02. The van der Waals surface area contributed by atoms with Crippen molar-refractivity contribution in [3.8, 4) is 5.75 Å². The summed E-state index contributed by atoms with van der Waals surface area (Å²) in [4.78, 5) is 11.3. The molecule has 2 aromatic rings. The molecule has 108 valence electrons. The Morgan fingerprint density at radius 2 is 1.86 bits per heavy atom. The molecule has 1 unspecified atom stereocenters. The van der Waals surface area contributed by atoms with E-state index in [2.05, 4.69) is 0 Å². The average Bonchev–Trinajstić information content (AvgIpc) is 2.62. The molecule has 0 spiro atoms. The molecular weight excluding hydrogens is 309 g/mol. The van der Waals surface area contributed by atoms with E-state index in [0.717, 1.165) is 5.56 Å². The van der Waals surface area contributed by atoms with Crippen molar-refractivity contribution in [3.63, 3.8) is 0 Å². The highest BCUT2D eigenvalue weighted by Gasteiger charge is 2.04. The van der Waals surface area contributed by atoms with Crippen LogP contribution in [0.25, 0.3) is 6.08 Å². The van der Waals surface area contributed by atoms with Crippen molar-refractivity contribution in [3.05, 3.63) is 79.9 Å². The second kappa shape index (κ2) is 6.76. The predicted molar refractivity (Wildman–Crippen MR) is 86.8 cm³/mol. The SMILES string of the molecule is NC(C=Cc1ccc(Cl)c(Cl)c1)c1cccc(=O)c(O)c1. The Hall–Kier alpha value is -1.81. The largest absolute Gasteiger partial charge is 0.504 e. The Labute approximate surface area is 132 Å². The first-order valence-electron chi connectivity index (χ1n) is 6.19. The van der Waals surface area contributed by atoms with Gasteiger partial charge in [0, 0.05) is 6.04 Å². The van der Waals surface area contributed by atoms with Gasteiger partial charge < -0.3 is 10.8 Å². The smallest absolute Gasteiger partial charge is 0.220 e. The first-order chi connectivity index (χ1) is 9.97. The van der Waals surface area contributed by atoms with E-state index in [1.54, 1.807) is 36.4 Å². The third kappa shape index (κ3) is 4.08. The van der Waals surface area contributed by atoms with Gasteiger partial charge in [0.1, 0.15) is 0 Å². The second-order valence-electron chi connectivity index (χ2n) is 4.48. The van der Waals surface area contributed by atoms with Crippen LogP contribution in [0.2, 0.25) is 10.0 Å². The summed E-state index contributed by atoms with van der Waals surface area (Å²) in [6.45, 7) is 0. The third-order valence-corrected chi connectivity index (χ3v) is 3.66. The minimum absolute atomic E-state index is 0.326. The van der Waals surface area contributed by atoms with Gasteiger partial charge in [-0.3, -0.25) is 4.79 Å². The first-order valence-corrected chi connectivity index (χ1v) is 6.95. The topological polar surface area (TPSA) is 63.3 Å². The first kappa shape index (κ1) is 15.6. The molecule has 0 heterocycles. The Bertz CT molecular complexity index is 744. The maximum atomic E-state index is 11.3. The molecule has 0 saturated carbocycles. The number of rotatable bonds is 3. The summed E-state index contributed by atoms with van der Waals surface area (Å²) in [6, 6.07) is 10.7. The number of halogens is 2. The molecule has 2 rings (SSSR count). The highest BCUT2D eigenvalue weighted by molar-refractivity contribution is 6.42. The number of hydrogen-bond acceptors (Lipinski definition) is 3. The molecule has 5 heteroatoms. The van der Waals surface area contributed by atoms with Crippen molar-refractivity contribution in [1.82, 2.24) is 0 Å². The zero-order chi connectivity index (χ0) is 15.4. The van der Waals surface area contributed by atoms with Crippen LogP contribution in [0.5, 0.6) is 5.75 Å². The molecule has 1 atom stereocenters. The molecular formula is C16H13Cl2NO2. The van der Waals surface area contributed by atoms with E-state index in [1.165, 1.54) is 12.1 Å². The van der Waals surface area contributed by atoms with Crippen LogP contribution in [-0.4, -0.2) is 5.11 Å². The fraction of sp³-hybridized carbons (Fsp3) is 0.0625. The molecule has 0 fully saturated rings. The monoisotopic (exact) mass is 321 g/mol. The molecule has 0 aliphatic heterocycles. The van der Waals surface area contributed by atoms with Gasteiger partial charge in [-0.2, -0.15) is 0 Å². The zero-order valence-corrected chi connectivity index (χ0v) is 12.5. The van der Waals surface area contributed by atoms with Crippen molar-refractivity contribution < 1.29 is 5.11 Å². The molecule has 0 bridgehead atoms. The lowest BCUT2D eigenvalue weighted by Gasteiger charge is -2.05. The van der Waals surface area contributed by atoms with Crippen LogP contribution in [0.1, 0.15) is 17.2 Å². The van der Waals surface area contributed by atoms with Crippen molar-refractivity contribution in [2.75, 3.05) is 0 Å². The highest BCUT2D eigenvalue weighted by atomic mass is 35.5. The van der Waals surface area contributed by atoms with Crippen molar-refractivity contribution in [2.24, 2.45) is 5.73 Å². The normalized spacial score (nSPS) is 12.5. The molecule has 0 aromatic heterocycles. The van der Waals surface area contributed by atoms with Gasteiger partial charge in [-0.25, -0.2) is 0 Å². The van der Waals surface area contributed by atoms with E-state index in [9.17, 15) is 9.90 Å². The molecule has 0 amide bonds. The Balaban J connectivity index is 2.25. The van der Waals surface area contributed by atoms with Gasteiger partial charge in [-0.1, -0.05) is 53.6 Å². The lowest BCUT2D eigenvalue weighted by molar-refractivity contribution is 0.470. The van der Waals surface area contributed by atoms with E-state index >= 15 is 0 Å². The minimum Gasteiger partial charge on any atom is -0.504 e. The fourth-order valence-electron chi connectivity index (χ4n) is 1.76. The molecule has 3 nitrogen and oxygen atoms in total. The van der Waals surface area contributed by atoms with E-state index in [1.807, 2.05) is 6.07 Å². The molecule has 0 aliphatic rings. The second-order valence-corrected chi connectivity index (χ2v) is 5.29. The summed E-state index contributed by atoms with van der Waals surface area (Å²) < 4.78 is 0. The number of nitrogens with two attached hydrogens (primary N) is 1. The number of aromatic hydroxyl groups is 1. The summed E-state index contributed by atoms with van der Waals surface area (Å²) >= 11 is 11.8. The molecule has 0 aliphatic carbocycles. The van der Waals surface area contributed by atoms with Gasteiger partial charge in [0.2, 0.25) is 5.43 Å². The zero-order valence-electron chi connectivity index (χ0n) is 11.0. The van der Waals surface area contributed by atoms with E-state index in [4.69, 9.17) is 28.9 Å². The average molecular weight is 322 g/mol. The molecule has 3 N–H and O–H groups in total. The van der Waals surface area contributed by atoms with E-state index in [0.29, 0.717) is 15.6 Å². The van der Waals surface area contributed by atoms with Gasteiger partial charge in [-0.15, -0.1) is 0 Å². The molecule has 21 heavy (non-hydrogen) atoms. The highest BCUT2D eigenvalue weighted by Crippen LogP contribution is 2.23. The maximum Gasteiger partial charge on any atom is 0.220 e. The van der Waals surface area contributed by atoms with Crippen molar-refractivity contribution in [2.45, 2.75) is 6.04 Å². The molecule has 0 radical (unpaired) electrons. The summed E-state index contributed by atoms with van der Waals surface area (Å²) in [5.41, 5.74) is 7.07. The van der Waals surface area contributed by atoms with E-state index < -0.39 is 11.5 Å². The summed E-state index contributed by atoms with van der Waals surface area (Å²) in [5.74, 6) is -0.326. The van der Waals surface area contributed by atoms with Crippen LogP contribution in [0.3, 0.4) is 0 Å². The lowest BCUT2D eigenvalue weighted by Crippen LogP contribution is -2.06. The number of benzene rings is 1. The Morgan fingerprint density at radius 3 is 2.57 bits per heavy atom. The fourth-order valence-corrected chi connectivity index (χ4v) is 2.06. The van der Waals surface area contributed by atoms with Gasteiger partial charge in [-0.05, 0) is 35.4 Å². The summed E-state index contributed by atoms with van der Waals surface area (Å²) in [6.07, 6.45) is 3.55. The van der Waals surface area contributed by atoms with Gasteiger partial charge in [0.05, 0.1) is 10.0 Å². The van der Waals surface area contributed by atoms with Crippen LogP contribution in [0, 0.1) is 0 Å². The minimum atomic E-state index is -0.461. The van der Waals surface area contributed by atoms with Gasteiger partial charge in [0.25, 0.3) is 0 Å². The molecule has 2 aromatic carbocycles. The number of hydrogen-bond donors (Lipinski definition) is 2. The standard InChI is InChI=1S/C16H13Cl2NO2/c17-12-6-4-10(8-13(12)18)5-7-14(19)11-2-1-3-15(20)16(21)9-11/h1-9,14H,19H2,(H,20,21). The van der Waals surface area contributed by atoms with Crippen LogP contribution in [-0.2, 0) is 0 Å². The van der Waals surface area contributed by atoms with Crippen molar-refractivity contribution >= 4 is 29.3 Å². The summed E-state index contributed by atoms with van der Waals surface area (Å²) in [5, 5.41) is 10.5. The quantitative estimate of drug-likeness (QED) is 0.904. The van der Waals surface area contributed by atoms with Crippen LogP contribution < -0.4 is 11.2 Å². The predicted octanol–water partition coefficient (Wildman–Crippen LogP) is 3.77. The lowest BCUT2D eigenvalue weighted by atomic mass is 10.1. The summed E-state index contributed by atoms with van der Waals surface area (Å²) in [7, 11) is 0. The van der Waals surface area contributed by atoms with Crippen LogP contribution >= 0.6 is 23.2 Å². The molecule has 0 saturated heterocycles. The van der Waals surface area contributed by atoms with Crippen molar-refractivity contribution in [1.29, 1.82) is 0 Å².